The van der Waals surface area contributed by atoms with Crippen molar-refractivity contribution in [2.75, 3.05) is 6.54 Å². The molecule has 0 bridgehead atoms. The average Bonchev–Trinajstić information content (AvgIpc) is 2.78. The fourth-order valence-electron chi connectivity index (χ4n) is 1.81. The zero-order chi connectivity index (χ0) is 12.3. The summed E-state index contributed by atoms with van der Waals surface area (Å²) in [5.74, 6) is 0.291. The Hall–Kier alpha value is -1.19. The van der Waals surface area contributed by atoms with Crippen molar-refractivity contribution in [3.63, 3.8) is 0 Å². The summed E-state index contributed by atoms with van der Waals surface area (Å²) in [5.41, 5.74) is 6.51. The number of halogens is 1. The van der Waals surface area contributed by atoms with E-state index in [9.17, 15) is 4.39 Å². The number of rotatable bonds is 4. The van der Waals surface area contributed by atoms with Crippen LogP contribution < -0.4 is 5.73 Å². The zero-order valence-corrected chi connectivity index (χ0v) is 10.6. The summed E-state index contributed by atoms with van der Waals surface area (Å²) in [6.45, 7) is 2.88. The van der Waals surface area contributed by atoms with Crippen LogP contribution in [0.3, 0.4) is 0 Å². The Balaban J connectivity index is 2.23. The van der Waals surface area contributed by atoms with E-state index in [-0.39, 0.29) is 5.82 Å². The maximum absolute atomic E-state index is 13.1. The molecule has 17 heavy (non-hydrogen) atoms. The first-order valence-electron chi connectivity index (χ1n) is 5.76. The molecule has 1 aromatic heterocycles. The molecule has 1 heterocycles. The second-order valence-corrected chi connectivity index (χ2v) is 5.31. The Kier molecular flexibility index (Phi) is 3.92. The average molecular weight is 249 g/mol. The lowest BCUT2D eigenvalue weighted by molar-refractivity contribution is 0.628. The molecule has 2 rings (SSSR count). The molecule has 0 amide bonds. The summed E-state index contributed by atoms with van der Waals surface area (Å²) in [6.07, 6.45) is 0.989. The summed E-state index contributed by atoms with van der Waals surface area (Å²) in [7, 11) is 0. The number of nitrogens with two attached hydrogens (primary N) is 1. The van der Waals surface area contributed by atoms with Gasteiger partial charge in [0.1, 0.15) is 5.82 Å². The van der Waals surface area contributed by atoms with E-state index in [2.05, 4.69) is 19.1 Å². The molecule has 1 atom stereocenters. The monoisotopic (exact) mass is 249 g/mol. The predicted octanol–water partition coefficient (Wildman–Crippen LogP) is 4.01. The maximum atomic E-state index is 13.1. The molecule has 90 valence electrons. The van der Waals surface area contributed by atoms with Gasteiger partial charge in [-0.2, -0.15) is 0 Å². The van der Waals surface area contributed by atoms with Crippen LogP contribution in [0.5, 0.6) is 0 Å². The first-order valence-corrected chi connectivity index (χ1v) is 6.58. The fourth-order valence-corrected chi connectivity index (χ4v) is 2.90. The molecule has 1 aromatic carbocycles. The van der Waals surface area contributed by atoms with Crippen LogP contribution in [-0.4, -0.2) is 6.54 Å². The molecule has 0 aliphatic carbocycles. The molecule has 1 nitrogen and oxygen atoms in total. The highest BCUT2D eigenvalue weighted by atomic mass is 32.1. The third-order valence-corrected chi connectivity index (χ3v) is 4.19. The highest BCUT2D eigenvalue weighted by Crippen LogP contribution is 2.33. The minimum atomic E-state index is -0.188. The molecule has 2 aromatic rings. The van der Waals surface area contributed by atoms with Crippen LogP contribution in [-0.2, 0) is 0 Å². The van der Waals surface area contributed by atoms with Crippen LogP contribution >= 0.6 is 11.3 Å². The first-order chi connectivity index (χ1) is 8.20. The Bertz CT molecular complexity index is 492. The Labute approximate surface area is 105 Å². The molecule has 0 aliphatic heterocycles. The van der Waals surface area contributed by atoms with Crippen molar-refractivity contribution >= 4 is 11.3 Å². The summed E-state index contributed by atoms with van der Waals surface area (Å²) >= 11 is 1.72. The third kappa shape index (κ3) is 2.93. The van der Waals surface area contributed by atoms with E-state index in [1.165, 1.54) is 10.9 Å². The topological polar surface area (TPSA) is 26.0 Å². The molecule has 0 saturated heterocycles. The van der Waals surface area contributed by atoms with E-state index in [0.717, 1.165) is 16.9 Å². The molecule has 3 heteroatoms. The van der Waals surface area contributed by atoms with Gasteiger partial charge in [0.25, 0.3) is 0 Å². The second-order valence-electron chi connectivity index (χ2n) is 4.19. The van der Waals surface area contributed by atoms with Gasteiger partial charge in [0, 0.05) is 9.75 Å². The van der Waals surface area contributed by atoms with E-state index >= 15 is 0 Å². The molecule has 2 N–H and O–H groups in total. The predicted molar refractivity (Wildman–Crippen MR) is 71.8 cm³/mol. The highest BCUT2D eigenvalue weighted by Gasteiger charge is 2.09. The van der Waals surface area contributed by atoms with Crippen LogP contribution in [0.2, 0.25) is 0 Å². The maximum Gasteiger partial charge on any atom is 0.123 e. The lowest BCUT2D eigenvalue weighted by Crippen LogP contribution is -2.03. The van der Waals surface area contributed by atoms with Crippen LogP contribution in [0.1, 0.15) is 24.1 Å². The SMILES string of the molecule is CC(CCN)c1ccc(-c2cccc(F)c2)s1. The van der Waals surface area contributed by atoms with Gasteiger partial charge in [-0.05, 0) is 48.7 Å². The number of thiophene rings is 1. The Morgan fingerprint density at radius 2 is 2.12 bits per heavy atom. The molecule has 0 fully saturated rings. The van der Waals surface area contributed by atoms with Crippen molar-refractivity contribution in [2.24, 2.45) is 5.73 Å². The van der Waals surface area contributed by atoms with Crippen molar-refractivity contribution in [2.45, 2.75) is 19.3 Å². The van der Waals surface area contributed by atoms with Crippen molar-refractivity contribution in [1.82, 2.24) is 0 Å². The van der Waals surface area contributed by atoms with Gasteiger partial charge in [-0.3, -0.25) is 0 Å². The van der Waals surface area contributed by atoms with E-state index in [0.29, 0.717) is 12.5 Å². The minimum Gasteiger partial charge on any atom is -0.330 e. The molecular weight excluding hydrogens is 233 g/mol. The van der Waals surface area contributed by atoms with Crippen molar-refractivity contribution < 1.29 is 4.39 Å². The molecule has 0 saturated carbocycles. The van der Waals surface area contributed by atoms with E-state index in [1.54, 1.807) is 23.5 Å². The van der Waals surface area contributed by atoms with Crippen molar-refractivity contribution in [3.8, 4) is 10.4 Å². The van der Waals surface area contributed by atoms with Crippen LogP contribution in [0.25, 0.3) is 10.4 Å². The smallest absolute Gasteiger partial charge is 0.123 e. The lowest BCUT2D eigenvalue weighted by atomic mass is 10.1. The quantitative estimate of drug-likeness (QED) is 0.870. The molecule has 0 spiro atoms. The highest BCUT2D eigenvalue weighted by molar-refractivity contribution is 7.15. The van der Waals surface area contributed by atoms with Crippen molar-refractivity contribution in [3.05, 3.63) is 47.1 Å². The number of hydrogen-bond acceptors (Lipinski definition) is 2. The van der Waals surface area contributed by atoms with Gasteiger partial charge in [-0.1, -0.05) is 19.1 Å². The molecule has 1 unspecified atom stereocenters. The van der Waals surface area contributed by atoms with Gasteiger partial charge in [0.2, 0.25) is 0 Å². The molecular formula is C14H16FNS. The van der Waals surface area contributed by atoms with Gasteiger partial charge in [-0.25, -0.2) is 4.39 Å². The minimum absolute atomic E-state index is 0.188. The largest absolute Gasteiger partial charge is 0.330 e. The summed E-state index contributed by atoms with van der Waals surface area (Å²) in [4.78, 5) is 2.43. The van der Waals surface area contributed by atoms with Crippen molar-refractivity contribution in [1.29, 1.82) is 0 Å². The summed E-state index contributed by atoms with van der Waals surface area (Å²) < 4.78 is 13.1. The third-order valence-electron chi connectivity index (χ3n) is 2.82. The van der Waals surface area contributed by atoms with Crippen LogP contribution in [0.15, 0.2) is 36.4 Å². The van der Waals surface area contributed by atoms with Gasteiger partial charge >= 0.3 is 0 Å². The van der Waals surface area contributed by atoms with E-state index in [4.69, 9.17) is 5.73 Å². The second kappa shape index (κ2) is 5.43. The Morgan fingerprint density at radius 1 is 1.29 bits per heavy atom. The van der Waals surface area contributed by atoms with Gasteiger partial charge in [0.05, 0.1) is 0 Å². The van der Waals surface area contributed by atoms with Crippen LogP contribution in [0, 0.1) is 5.82 Å². The van der Waals surface area contributed by atoms with Gasteiger partial charge in [-0.15, -0.1) is 11.3 Å². The lowest BCUT2D eigenvalue weighted by Gasteiger charge is -2.06. The standard InChI is InChI=1S/C14H16FNS/c1-10(7-8-16)13-5-6-14(17-13)11-3-2-4-12(15)9-11/h2-6,9-10H,7-8,16H2,1H3. The normalized spacial score (nSPS) is 12.6. The summed E-state index contributed by atoms with van der Waals surface area (Å²) in [5, 5.41) is 0. The summed E-state index contributed by atoms with van der Waals surface area (Å²) in [6, 6.07) is 10.9. The Morgan fingerprint density at radius 3 is 2.82 bits per heavy atom. The van der Waals surface area contributed by atoms with Gasteiger partial charge < -0.3 is 5.73 Å². The van der Waals surface area contributed by atoms with E-state index < -0.39 is 0 Å². The molecule has 0 aliphatic rings. The first kappa shape index (κ1) is 12.3. The van der Waals surface area contributed by atoms with E-state index in [1.807, 2.05) is 6.07 Å². The fraction of sp³-hybridized carbons (Fsp3) is 0.286. The zero-order valence-electron chi connectivity index (χ0n) is 9.82. The number of hydrogen-bond donors (Lipinski definition) is 1. The molecule has 0 radical (unpaired) electrons. The number of benzene rings is 1. The van der Waals surface area contributed by atoms with Crippen LogP contribution in [0.4, 0.5) is 4.39 Å². The van der Waals surface area contributed by atoms with Gasteiger partial charge in [0.15, 0.2) is 0 Å².